The SMILES string of the molecule is CCC(C)(C)CN=C(C)c1ccc(P)cc1. The van der Waals surface area contributed by atoms with E-state index >= 15 is 0 Å². The van der Waals surface area contributed by atoms with Crippen molar-refractivity contribution in [1.82, 2.24) is 0 Å². The fourth-order valence-corrected chi connectivity index (χ4v) is 1.45. The van der Waals surface area contributed by atoms with Crippen molar-refractivity contribution in [3.8, 4) is 0 Å². The summed E-state index contributed by atoms with van der Waals surface area (Å²) in [5.41, 5.74) is 2.66. The minimum atomic E-state index is 0.307. The highest BCUT2D eigenvalue weighted by Gasteiger charge is 2.13. The zero-order chi connectivity index (χ0) is 12.2. The Morgan fingerprint density at radius 2 is 1.81 bits per heavy atom. The summed E-state index contributed by atoms with van der Waals surface area (Å²) < 4.78 is 0. The number of aliphatic imine (C=N–C) groups is 1. The van der Waals surface area contributed by atoms with E-state index in [0.717, 1.165) is 18.7 Å². The Kier molecular flexibility index (Phi) is 4.68. The highest BCUT2D eigenvalue weighted by Crippen LogP contribution is 2.20. The molecule has 1 atom stereocenters. The van der Waals surface area contributed by atoms with Crippen molar-refractivity contribution in [3.05, 3.63) is 29.8 Å². The maximum absolute atomic E-state index is 4.68. The van der Waals surface area contributed by atoms with Crippen LogP contribution in [0.25, 0.3) is 0 Å². The topological polar surface area (TPSA) is 12.4 Å². The van der Waals surface area contributed by atoms with Gasteiger partial charge in [0.05, 0.1) is 0 Å². The van der Waals surface area contributed by atoms with Gasteiger partial charge in [0.1, 0.15) is 0 Å². The van der Waals surface area contributed by atoms with Crippen molar-refractivity contribution in [2.24, 2.45) is 10.4 Å². The Balaban J connectivity index is 2.74. The Morgan fingerprint density at radius 3 is 2.31 bits per heavy atom. The summed E-state index contributed by atoms with van der Waals surface area (Å²) >= 11 is 0. The Morgan fingerprint density at radius 1 is 1.25 bits per heavy atom. The first kappa shape index (κ1) is 13.4. The number of nitrogens with zero attached hydrogens (tertiary/aromatic N) is 1. The van der Waals surface area contributed by atoms with Gasteiger partial charge in [-0.1, -0.05) is 45.0 Å². The largest absolute Gasteiger partial charge is 0.289 e. The van der Waals surface area contributed by atoms with Crippen LogP contribution in [0.2, 0.25) is 0 Å². The van der Waals surface area contributed by atoms with E-state index in [2.05, 4.69) is 66.2 Å². The molecule has 1 unspecified atom stereocenters. The molecule has 1 nitrogen and oxygen atoms in total. The van der Waals surface area contributed by atoms with Crippen molar-refractivity contribution in [2.75, 3.05) is 6.54 Å². The van der Waals surface area contributed by atoms with Crippen LogP contribution in [0, 0.1) is 5.41 Å². The predicted molar refractivity (Wildman–Crippen MR) is 76.9 cm³/mol. The van der Waals surface area contributed by atoms with Crippen LogP contribution in [0.1, 0.15) is 39.7 Å². The average molecular weight is 235 g/mol. The Hall–Kier alpha value is -0.680. The smallest absolute Gasteiger partial charge is 0.0443 e. The molecule has 0 fully saturated rings. The summed E-state index contributed by atoms with van der Waals surface area (Å²) in [7, 11) is 2.70. The second-order valence-electron chi connectivity index (χ2n) is 5.04. The third kappa shape index (κ3) is 4.06. The minimum absolute atomic E-state index is 0.307. The molecular weight excluding hydrogens is 213 g/mol. The zero-order valence-corrected chi connectivity index (χ0v) is 11.9. The van der Waals surface area contributed by atoms with Gasteiger partial charge in [0.15, 0.2) is 0 Å². The highest BCUT2D eigenvalue weighted by molar-refractivity contribution is 7.27. The van der Waals surface area contributed by atoms with Gasteiger partial charge in [-0.2, -0.15) is 0 Å². The van der Waals surface area contributed by atoms with Gasteiger partial charge in [-0.15, -0.1) is 9.24 Å². The molecule has 0 saturated heterocycles. The molecule has 2 heteroatoms. The number of hydrogen-bond donors (Lipinski definition) is 0. The molecule has 0 aliphatic carbocycles. The van der Waals surface area contributed by atoms with Crippen molar-refractivity contribution >= 4 is 20.3 Å². The van der Waals surface area contributed by atoms with E-state index in [4.69, 9.17) is 0 Å². The molecule has 0 radical (unpaired) electrons. The van der Waals surface area contributed by atoms with Gasteiger partial charge < -0.3 is 0 Å². The van der Waals surface area contributed by atoms with E-state index < -0.39 is 0 Å². The first-order chi connectivity index (χ1) is 7.44. The van der Waals surface area contributed by atoms with Crippen LogP contribution in [0.4, 0.5) is 0 Å². The van der Waals surface area contributed by atoms with E-state index in [1.54, 1.807) is 0 Å². The highest BCUT2D eigenvalue weighted by atomic mass is 31.0. The van der Waals surface area contributed by atoms with E-state index in [-0.39, 0.29) is 0 Å². The summed E-state index contributed by atoms with van der Waals surface area (Å²) in [6.45, 7) is 9.72. The lowest BCUT2D eigenvalue weighted by Gasteiger charge is -2.19. The molecule has 0 heterocycles. The first-order valence-electron chi connectivity index (χ1n) is 5.81. The van der Waals surface area contributed by atoms with Gasteiger partial charge in [-0.3, -0.25) is 4.99 Å². The molecule has 1 rings (SSSR count). The molecule has 0 spiro atoms. The lowest BCUT2D eigenvalue weighted by molar-refractivity contribution is 0.366. The molecule has 1 aromatic carbocycles. The van der Waals surface area contributed by atoms with Crippen LogP contribution in [0.3, 0.4) is 0 Å². The second-order valence-corrected chi connectivity index (χ2v) is 5.71. The summed E-state index contributed by atoms with van der Waals surface area (Å²) in [4.78, 5) is 4.68. The van der Waals surface area contributed by atoms with Crippen LogP contribution >= 0.6 is 9.24 Å². The van der Waals surface area contributed by atoms with Gasteiger partial charge in [0.25, 0.3) is 0 Å². The van der Waals surface area contributed by atoms with Gasteiger partial charge in [0, 0.05) is 12.3 Å². The van der Waals surface area contributed by atoms with E-state index in [1.165, 1.54) is 10.9 Å². The van der Waals surface area contributed by atoms with E-state index in [9.17, 15) is 0 Å². The number of hydrogen-bond acceptors (Lipinski definition) is 1. The molecule has 0 aromatic heterocycles. The molecule has 0 aliphatic rings. The predicted octanol–water partition coefficient (Wildman–Crippen LogP) is 3.43. The molecule has 1 aromatic rings. The summed E-state index contributed by atoms with van der Waals surface area (Å²) in [5, 5.41) is 1.21. The van der Waals surface area contributed by atoms with Crippen molar-refractivity contribution in [3.63, 3.8) is 0 Å². The van der Waals surface area contributed by atoms with Crippen molar-refractivity contribution in [1.29, 1.82) is 0 Å². The molecule has 0 bridgehead atoms. The monoisotopic (exact) mass is 235 g/mol. The molecule has 0 saturated carbocycles. The fourth-order valence-electron chi connectivity index (χ4n) is 1.26. The van der Waals surface area contributed by atoms with Crippen LogP contribution in [0.5, 0.6) is 0 Å². The lowest BCUT2D eigenvalue weighted by atomic mass is 9.90. The van der Waals surface area contributed by atoms with Crippen LogP contribution in [0.15, 0.2) is 29.3 Å². The minimum Gasteiger partial charge on any atom is -0.289 e. The van der Waals surface area contributed by atoms with E-state index in [0.29, 0.717) is 5.41 Å². The van der Waals surface area contributed by atoms with Gasteiger partial charge in [-0.05, 0) is 29.6 Å². The normalized spacial score (nSPS) is 12.9. The number of benzene rings is 1. The Labute approximate surface area is 102 Å². The molecule has 16 heavy (non-hydrogen) atoms. The summed E-state index contributed by atoms with van der Waals surface area (Å²) in [5.74, 6) is 0. The van der Waals surface area contributed by atoms with E-state index in [1.807, 2.05) is 0 Å². The molecule has 0 amide bonds. The molecular formula is C14H22NP. The third-order valence-corrected chi connectivity index (χ3v) is 3.41. The number of rotatable bonds is 4. The maximum Gasteiger partial charge on any atom is 0.0443 e. The second kappa shape index (κ2) is 5.59. The molecule has 0 N–H and O–H groups in total. The fraction of sp³-hybridized carbons (Fsp3) is 0.500. The van der Waals surface area contributed by atoms with Crippen molar-refractivity contribution in [2.45, 2.75) is 34.1 Å². The summed E-state index contributed by atoms with van der Waals surface area (Å²) in [6, 6.07) is 8.45. The van der Waals surface area contributed by atoms with Crippen LogP contribution in [-0.4, -0.2) is 12.3 Å². The maximum atomic E-state index is 4.68. The third-order valence-electron chi connectivity index (χ3n) is 3.03. The standard InChI is InChI=1S/C14H22NP/c1-5-14(3,4)10-15-11(2)12-6-8-13(16)9-7-12/h6-9H,5,10,16H2,1-4H3. The van der Waals surface area contributed by atoms with Crippen LogP contribution in [-0.2, 0) is 0 Å². The average Bonchev–Trinajstić information content (AvgIpc) is 2.27. The van der Waals surface area contributed by atoms with Gasteiger partial charge >= 0.3 is 0 Å². The summed E-state index contributed by atoms with van der Waals surface area (Å²) in [6.07, 6.45) is 1.16. The van der Waals surface area contributed by atoms with Gasteiger partial charge in [0.2, 0.25) is 0 Å². The lowest BCUT2D eigenvalue weighted by Crippen LogP contribution is -2.15. The van der Waals surface area contributed by atoms with Gasteiger partial charge in [-0.25, -0.2) is 0 Å². The quantitative estimate of drug-likeness (QED) is 0.560. The van der Waals surface area contributed by atoms with Crippen LogP contribution < -0.4 is 5.30 Å². The first-order valence-corrected chi connectivity index (χ1v) is 6.39. The zero-order valence-electron chi connectivity index (χ0n) is 10.7. The Bertz CT molecular complexity index is 363. The molecule has 0 aliphatic heterocycles. The van der Waals surface area contributed by atoms with Crippen molar-refractivity contribution < 1.29 is 0 Å². The molecule has 88 valence electrons.